The van der Waals surface area contributed by atoms with Crippen molar-refractivity contribution in [3.05, 3.63) is 42.2 Å². The minimum atomic E-state index is -1.18. The van der Waals surface area contributed by atoms with E-state index >= 15 is 0 Å². The number of hydrogen-bond acceptors (Lipinski definition) is 3. The second kappa shape index (κ2) is 3.49. The van der Waals surface area contributed by atoms with Crippen LogP contribution in [0.1, 0.15) is 10.4 Å². The summed E-state index contributed by atoms with van der Waals surface area (Å²) < 4.78 is 14.3. The van der Waals surface area contributed by atoms with Crippen LogP contribution < -0.4 is 0 Å². The molecule has 0 radical (unpaired) electrons. The Morgan fingerprint density at radius 1 is 1.40 bits per heavy atom. The van der Waals surface area contributed by atoms with Gasteiger partial charge >= 0.3 is 5.97 Å². The fraction of sp³-hybridized carbons (Fsp3) is 0. The molecular formula is C9H6FN3O2. The smallest absolute Gasteiger partial charge is 0.335 e. The molecule has 0 spiro atoms. The average Bonchev–Trinajstić information content (AvgIpc) is 2.69. The Hall–Kier alpha value is -2.24. The molecule has 0 saturated heterocycles. The zero-order valence-electron chi connectivity index (χ0n) is 7.46. The molecule has 0 amide bonds. The third-order valence-electron chi connectivity index (χ3n) is 1.81. The van der Waals surface area contributed by atoms with Crippen molar-refractivity contribution < 1.29 is 14.3 Å². The second-order valence-corrected chi connectivity index (χ2v) is 2.84. The third-order valence-corrected chi connectivity index (χ3v) is 1.81. The number of hydrogen-bond donors (Lipinski definition) is 1. The SMILES string of the molecule is O=C(O)c1cc(F)cc(-n2cncn2)c1. The highest BCUT2D eigenvalue weighted by Crippen LogP contribution is 2.12. The first-order chi connectivity index (χ1) is 7.16. The molecule has 1 N–H and O–H groups in total. The van der Waals surface area contributed by atoms with Crippen molar-refractivity contribution in [2.75, 3.05) is 0 Å². The summed E-state index contributed by atoms with van der Waals surface area (Å²) in [6, 6.07) is 3.45. The first-order valence-corrected chi connectivity index (χ1v) is 4.06. The van der Waals surface area contributed by atoms with Gasteiger partial charge in [-0.1, -0.05) is 0 Å². The zero-order chi connectivity index (χ0) is 10.8. The molecule has 0 bridgehead atoms. The molecular weight excluding hydrogens is 201 g/mol. The van der Waals surface area contributed by atoms with Crippen LogP contribution in [0.4, 0.5) is 4.39 Å². The fourth-order valence-electron chi connectivity index (χ4n) is 1.17. The Labute approximate surface area is 83.8 Å². The minimum Gasteiger partial charge on any atom is -0.478 e. The molecule has 0 fully saturated rings. The first-order valence-electron chi connectivity index (χ1n) is 4.06. The molecule has 15 heavy (non-hydrogen) atoms. The van der Waals surface area contributed by atoms with Crippen LogP contribution >= 0.6 is 0 Å². The lowest BCUT2D eigenvalue weighted by molar-refractivity contribution is 0.0696. The predicted molar refractivity (Wildman–Crippen MR) is 48.3 cm³/mol. The van der Waals surface area contributed by atoms with Gasteiger partial charge in [0.2, 0.25) is 0 Å². The van der Waals surface area contributed by atoms with Gasteiger partial charge in [0.25, 0.3) is 0 Å². The molecule has 1 aromatic heterocycles. The number of rotatable bonds is 2. The zero-order valence-corrected chi connectivity index (χ0v) is 7.46. The molecule has 0 aliphatic heterocycles. The molecule has 1 aromatic carbocycles. The van der Waals surface area contributed by atoms with Gasteiger partial charge in [0, 0.05) is 0 Å². The maximum Gasteiger partial charge on any atom is 0.335 e. The van der Waals surface area contributed by atoms with Crippen molar-refractivity contribution in [2.24, 2.45) is 0 Å². The molecule has 0 aliphatic carbocycles. The maximum atomic E-state index is 13.1. The number of nitrogens with zero attached hydrogens (tertiary/aromatic N) is 3. The van der Waals surface area contributed by atoms with E-state index in [-0.39, 0.29) is 5.56 Å². The Kier molecular flexibility index (Phi) is 2.17. The molecule has 2 aromatic rings. The van der Waals surface area contributed by atoms with E-state index in [1.807, 2.05) is 0 Å². The van der Waals surface area contributed by atoms with E-state index in [0.29, 0.717) is 5.69 Å². The largest absolute Gasteiger partial charge is 0.478 e. The number of aromatic nitrogens is 3. The van der Waals surface area contributed by atoms with E-state index in [1.54, 1.807) is 0 Å². The van der Waals surface area contributed by atoms with Crippen LogP contribution in [0.15, 0.2) is 30.9 Å². The van der Waals surface area contributed by atoms with Gasteiger partial charge in [-0.15, -0.1) is 0 Å². The predicted octanol–water partition coefficient (Wildman–Crippen LogP) is 1.10. The van der Waals surface area contributed by atoms with E-state index in [0.717, 1.165) is 6.07 Å². The Bertz CT molecular complexity index is 496. The van der Waals surface area contributed by atoms with Crippen LogP contribution in [0.5, 0.6) is 0 Å². The molecule has 5 nitrogen and oxygen atoms in total. The Morgan fingerprint density at radius 2 is 2.20 bits per heavy atom. The van der Waals surface area contributed by atoms with Gasteiger partial charge in [-0.3, -0.25) is 0 Å². The third kappa shape index (κ3) is 1.83. The van der Waals surface area contributed by atoms with Gasteiger partial charge in [0.05, 0.1) is 11.3 Å². The summed E-state index contributed by atoms with van der Waals surface area (Å²) >= 11 is 0. The molecule has 2 rings (SSSR count). The number of aromatic carboxylic acids is 1. The standard InChI is InChI=1S/C9H6FN3O2/c10-7-1-6(9(14)15)2-8(3-7)13-5-11-4-12-13/h1-5H,(H,14,15). The molecule has 0 unspecified atom stereocenters. The van der Waals surface area contributed by atoms with Crippen molar-refractivity contribution in [2.45, 2.75) is 0 Å². The monoisotopic (exact) mass is 207 g/mol. The molecule has 0 aliphatic rings. The van der Waals surface area contributed by atoms with E-state index < -0.39 is 11.8 Å². The van der Waals surface area contributed by atoms with E-state index in [9.17, 15) is 9.18 Å². The van der Waals surface area contributed by atoms with Gasteiger partial charge in [-0.25, -0.2) is 18.9 Å². The lowest BCUT2D eigenvalue weighted by Gasteiger charge is -2.02. The summed E-state index contributed by atoms with van der Waals surface area (Å²) in [5, 5.41) is 12.5. The summed E-state index contributed by atoms with van der Waals surface area (Å²) in [5.74, 6) is -1.81. The van der Waals surface area contributed by atoms with Crippen molar-refractivity contribution in [1.82, 2.24) is 14.8 Å². The number of benzene rings is 1. The van der Waals surface area contributed by atoms with E-state index in [2.05, 4.69) is 10.1 Å². The fourth-order valence-corrected chi connectivity index (χ4v) is 1.17. The molecule has 76 valence electrons. The average molecular weight is 207 g/mol. The molecule has 0 atom stereocenters. The number of carboxylic acid groups (broad SMARTS) is 1. The van der Waals surface area contributed by atoms with Crippen LogP contribution in [-0.4, -0.2) is 25.8 Å². The molecule has 0 saturated carbocycles. The van der Waals surface area contributed by atoms with Crippen LogP contribution in [0.25, 0.3) is 5.69 Å². The van der Waals surface area contributed by atoms with Gasteiger partial charge in [-0.05, 0) is 18.2 Å². The van der Waals surface area contributed by atoms with E-state index in [1.165, 1.54) is 29.5 Å². The second-order valence-electron chi connectivity index (χ2n) is 2.84. The maximum absolute atomic E-state index is 13.1. The lowest BCUT2D eigenvalue weighted by Crippen LogP contribution is -2.01. The van der Waals surface area contributed by atoms with Crippen LogP contribution in [0.3, 0.4) is 0 Å². The Balaban J connectivity index is 2.54. The number of carbonyl (C=O) groups is 1. The van der Waals surface area contributed by atoms with Crippen molar-refractivity contribution in [3.63, 3.8) is 0 Å². The quantitative estimate of drug-likeness (QED) is 0.800. The van der Waals surface area contributed by atoms with Crippen molar-refractivity contribution in [3.8, 4) is 5.69 Å². The van der Waals surface area contributed by atoms with E-state index in [4.69, 9.17) is 5.11 Å². The van der Waals surface area contributed by atoms with Crippen LogP contribution in [-0.2, 0) is 0 Å². The van der Waals surface area contributed by atoms with Gasteiger partial charge in [0.15, 0.2) is 0 Å². The summed E-state index contributed by atoms with van der Waals surface area (Å²) in [5.41, 5.74) is 0.199. The van der Waals surface area contributed by atoms with Gasteiger partial charge in [-0.2, -0.15) is 5.10 Å². The highest BCUT2D eigenvalue weighted by Gasteiger charge is 2.08. The highest BCUT2D eigenvalue weighted by molar-refractivity contribution is 5.88. The highest BCUT2D eigenvalue weighted by atomic mass is 19.1. The topological polar surface area (TPSA) is 68.0 Å². The first kappa shape index (κ1) is 9.32. The van der Waals surface area contributed by atoms with Gasteiger partial charge in [0.1, 0.15) is 18.5 Å². The van der Waals surface area contributed by atoms with Crippen molar-refractivity contribution >= 4 is 5.97 Å². The number of carboxylic acids is 1. The van der Waals surface area contributed by atoms with Crippen LogP contribution in [0, 0.1) is 5.82 Å². The minimum absolute atomic E-state index is 0.125. The normalized spacial score (nSPS) is 10.2. The van der Waals surface area contributed by atoms with Crippen LogP contribution in [0.2, 0.25) is 0 Å². The summed E-state index contributed by atoms with van der Waals surface area (Å²) in [6.45, 7) is 0. The number of halogens is 1. The Morgan fingerprint density at radius 3 is 2.80 bits per heavy atom. The molecule has 1 heterocycles. The van der Waals surface area contributed by atoms with Gasteiger partial charge < -0.3 is 5.11 Å². The summed E-state index contributed by atoms with van der Waals surface area (Å²) in [6.07, 6.45) is 2.64. The summed E-state index contributed by atoms with van der Waals surface area (Å²) in [7, 11) is 0. The lowest BCUT2D eigenvalue weighted by atomic mass is 10.2. The van der Waals surface area contributed by atoms with Crippen molar-refractivity contribution in [1.29, 1.82) is 0 Å². The molecule has 6 heteroatoms. The summed E-state index contributed by atoms with van der Waals surface area (Å²) in [4.78, 5) is 14.3.